The average Bonchev–Trinajstić information content (AvgIpc) is 2.68. The third-order valence-electron chi connectivity index (χ3n) is 4.22. The van der Waals surface area contributed by atoms with Gasteiger partial charge in [-0.15, -0.1) is 0 Å². The number of nitrogens with two attached hydrogens (primary N) is 1. The second-order valence-electron chi connectivity index (χ2n) is 5.99. The van der Waals surface area contributed by atoms with Crippen LogP contribution in [0.2, 0.25) is 5.02 Å². The van der Waals surface area contributed by atoms with E-state index in [-0.39, 0.29) is 22.2 Å². The quantitative estimate of drug-likeness (QED) is 0.547. The van der Waals surface area contributed by atoms with Crippen LogP contribution in [0.25, 0.3) is 0 Å². The predicted octanol–water partition coefficient (Wildman–Crippen LogP) is 2.52. The minimum absolute atomic E-state index is 0.195. The van der Waals surface area contributed by atoms with Gasteiger partial charge in [-0.1, -0.05) is 35.9 Å². The Hall–Kier alpha value is -2.25. The highest BCUT2D eigenvalue weighted by molar-refractivity contribution is 6.39. The van der Waals surface area contributed by atoms with E-state index in [9.17, 15) is 9.59 Å². The summed E-state index contributed by atoms with van der Waals surface area (Å²) >= 11 is 6.19. The average molecular weight is 389 g/mol. The number of nitrogens with one attached hydrogen (secondary N) is 1. The number of benzene rings is 2. The third-order valence-corrected chi connectivity index (χ3v) is 4.53. The fourth-order valence-corrected chi connectivity index (χ4v) is 3.27. The molecule has 0 bridgehead atoms. The van der Waals surface area contributed by atoms with Crippen LogP contribution in [0.15, 0.2) is 36.4 Å². The molecule has 0 saturated heterocycles. The van der Waals surface area contributed by atoms with Crippen LogP contribution in [0.4, 0.5) is 5.69 Å². The summed E-state index contributed by atoms with van der Waals surface area (Å²) in [5.41, 5.74) is 7.28. The van der Waals surface area contributed by atoms with Crippen molar-refractivity contribution in [2.75, 3.05) is 44.8 Å². The topological polar surface area (TPSA) is 90.7 Å². The van der Waals surface area contributed by atoms with Crippen molar-refractivity contribution in [2.24, 2.45) is 5.73 Å². The van der Waals surface area contributed by atoms with Crippen LogP contribution in [0.1, 0.15) is 31.8 Å². The lowest BCUT2D eigenvalue weighted by molar-refractivity contribution is 0.0547. The van der Waals surface area contributed by atoms with E-state index < -0.39 is 0 Å². The number of hydrogen-bond donors (Lipinski definition) is 2. The Morgan fingerprint density at radius 2 is 1.52 bits per heavy atom. The van der Waals surface area contributed by atoms with Crippen molar-refractivity contribution < 1.29 is 19.1 Å². The molecule has 3 rings (SSSR count). The van der Waals surface area contributed by atoms with Gasteiger partial charge in [0.2, 0.25) is 0 Å². The SMILES string of the molecule is NCCOCCOCCNc1cccc2c1C(=O)c1c(Cl)cccc1C2=O. The molecule has 0 atom stereocenters. The molecule has 2 aromatic rings. The molecule has 0 amide bonds. The van der Waals surface area contributed by atoms with Gasteiger partial charge >= 0.3 is 0 Å². The summed E-state index contributed by atoms with van der Waals surface area (Å²) in [5, 5.41) is 3.46. The number of carbonyl (C=O) groups excluding carboxylic acids is 2. The summed E-state index contributed by atoms with van der Waals surface area (Å²) in [5.74, 6) is -0.441. The molecule has 142 valence electrons. The Bertz CT molecular complexity index is 854. The van der Waals surface area contributed by atoms with Crippen molar-refractivity contribution in [1.82, 2.24) is 0 Å². The van der Waals surface area contributed by atoms with Crippen molar-refractivity contribution in [3.8, 4) is 0 Å². The number of fused-ring (bicyclic) bond motifs is 2. The van der Waals surface area contributed by atoms with Gasteiger partial charge in [0.1, 0.15) is 0 Å². The van der Waals surface area contributed by atoms with Gasteiger partial charge in [-0.2, -0.15) is 0 Å². The molecular formula is C20H21ClN2O4. The number of ketones is 2. The van der Waals surface area contributed by atoms with E-state index in [4.69, 9.17) is 26.8 Å². The zero-order chi connectivity index (χ0) is 19.2. The van der Waals surface area contributed by atoms with Crippen molar-refractivity contribution >= 4 is 28.9 Å². The lowest BCUT2D eigenvalue weighted by Gasteiger charge is -2.21. The van der Waals surface area contributed by atoms with Gasteiger partial charge in [0.15, 0.2) is 11.6 Å². The molecule has 3 N–H and O–H groups in total. The minimum Gasteiger partial charge on any atom is -0.382 e. The Morgan fingerprint density at radius 1 is 0.852 bits per heavy atom. The smallest absolute Gasteiger partial charge is 0.198 e. The highest BCUT2D eigenvalue weighted by atomic mass is 35.5. The molecule has 1 aliphatic rings. The van der Waals surface area contributed by atoms with E-state index in [1.807, 2.05) is 0 Å². The van der Waals surface area contributed by atoms with Crippen LogP contribution in [0.3, 0.4) is 0 Å². The number of halogens is 1. The Labute approximate surface area is 162 Å². The molecule has 0 aliphatic heterocycles. The van der Waals surface area contributed by atoms with E-state index >= 15 is 0 Å². The molecule has 0 aromatic heterocycles. The zero-order valence-corrected chi connectivity index (χ0v) is 15.6. The normalized spacial score (nSPS) is 12.7. The first-order valence-electron chi connectivity index (χ1n) is 8.75. The molecule has 2 aromatic carbocycles. The van der Waals surface area contributed by atoms with E-state index in [1.54, 1.807) is 36.4 Å². The second kappa shape index (κ2) is 9.10. The number of carbonyl (C=O) groups is 2. The maximum Gasteiger partial charge on any atom is 0.198 e. The molecule has 0 unspecified atom stereocenters. The standard InChI is InChI=1S/C20H21ClN2O4/c21-15-5-1-3-13-17(15)20(25)18-14(19(13)24)4-2-6-16(18)23-8-10-27-12-11-26-9-7-22/h1-6,23H,7-12,22H2. The number of hydrogen-bond acceptors (Lipinski definition) is 6. The molecular weight excluding hydrogens is 368 g/mol. The molecule has 0 radical (unpaired) electrons. The van der Waals surface area contributed by atoms with E-state index in [0.717, 1.165) is 0 Å². The summed E-state index contributed by atoms with van der Waals surface area (Å²) in [7, 11) is 0. The maximum absolute atomic E-state index is 13.0. The zero-order valence-electron chi connectivity index (χ0n) is 14.8. The summed E-state index contributed by atoms with van der Waals surface area (Å²) in [6, 6.07) is 10.1. The van der Waals surface area contributed by atoms with Gasteiger partial charge in [0, 0.05) is 29.9 Å². The number of rotatable bonds is 9. The molecule has 6 nitrogen and oxygen atoms in total. The van der Waals surface area contributed by atoms with Crippen molar-refractivity contribution in [2.45, 2.75) is 0 Å². The third kappa shape index (κ3) is 4.20. The fourth-order valence-electron chi connectivity index (χ4n) is 3.01. The molecule has 1 aliphatic carbocycles. The predicted molar refractivity (Wildman–Crippen MR) is 104 cm³/mol. The molecule has 7 heteroatoms. The van der Waals surface area contributed by atoms with Gasteiger partial charge in [-0.25, -0.2) is 0 Å². The molecule has 0 spiro atoms. The van der Waals surface area contributed by atoms with Gasteiger partial charge < -0.3 is 20.5 Å². The highest BCUT2D eigenvalue weighted by Crippen LogP contribution is 2.35. The van der Waals surface area contributed by atoms with Crippen LogP contribution >= 0.6 is 11.6 Å². The van der Waals surface area contributed by atoms with E-state index in [0.29, 0.717) is 61.9 Å². The van der Waals surface area contributed by atoms with Crippen LogP contribution in [-0.4, -0.2) is 51.1 Å². The van der Waals surface area contributed by atoms with E-state index in [1.165, 1.54) is 0 Å². The lowest BCUT2D eigenvalue weighted by atomic mass is 9.83. The van der Waals surface area contributed by atoms with Crippen molar-refractivity contribution in [1.29, 1.82) is 0 Å². The van der Waals surface area contributed by atoms with Crippen LogP contribution < -0.4 is 11.1 Å². The Kier molecular flexibility index (Phi) is 6.58. The Morgan fingerprint density at radius 3 is 2.26 bits per heavy atom. The number of anilines is 1. The summed E-state index contributed by atoms with van der Waals surface area (Å²) in [6.45, 7) is 2.88. The van der Waals surface area contributed by atoms with Crippen LogP contribution in [-0.2, 0) is 9.47 Å². The first-order chi connectivity index (χ1) is 13.1. The summed E-state index contributed by atoms with van der Waals surface area (Å²) in [6.07, 6.45) is 0. The first-order valence-corrected chi connectivity index (χ1v) is 9.13. The molecule has 0 heterocycles. The molecule has 27 heavy (non-hydrogen) atoms. The van der Waals surface area contributed by atoms with Gasteiger partial charge in [0.25, 0.3) is 0 Å². The number of ether oxygens (including phenoxy) is 2. The fraction of sp³-hybridized carbons (Fsp3) is 0.300. The summed E-state index contributed by atoms with van der Waals surface area (Å²) < 4.78 is 10.7. The van der Waals surface area contributed by atoms with Crippen LogP contribution in [0.5, 0.6) is 0 Å². The highest BCUT2D eigenvalue weighted by Gasteiger charge is 2.33. The first kappa shape index (κ1) is 19.5. The van der Waals surface area contributed by atoms with Gasteiger partial charge in [-0.05, 0) is 12.1 Å². The monoisotopic (exact) mass is 388 g/mol. The second-order valence-corrected chi connectivity index (χ2v) is 6.40. The lowest BCUT2D eigenvalue weighted by Crippen LogP contribution is -2.23. The van der Waals surface area contributed by atoms with Crippen molar-refractivity contribution in [3.63, 3.8) is 0 Å². The van der Waals surface area contributed by atoms with Gasteiger partial charge in [0.05, 0.1) is 42.6 Å². The molecule has 0 fully saturated rings. The summed E-state index contributed by atoms with van der Waals surface area (Å²) in [4.78, 5) is 25.8. The molecule has 0 saturated carbocycles. The largest absolute Gasteiger partial charge is 0.382 e. The van der Waals surface area contributed by atoms with Gasteiger partial charge in [-0.3, -0.25) is 9.59 Å². The van der Waals surface area contributed by atoms with Crippen LogP contribution in [0, 0.1) is 0 Å². The maximum atomic E-state index is 13.0. The van der Waals surface area contributed by atoms with E-state index in [2.05, 4.69) is 5.32 Å². The Balaban J connectivity index is 1.69. The van der Waals surface area contributed by atoms with Crippen molar-refractivity contribution in [3.05, 3.63) is 63.7 Å². The minimum atomic E-state index is -0.246.